The molecule has 2 atom stereocenters. The molecular formula is C17H22N2O5S. The first kappa shape index (κ1) is 17.9. The molecule has 1 aromatic carbocycles. The number of esters is 1. The molecule has 1 aliphatic carbocycles. The Morgan fingerprint density at radius 2 is 1.88 bits per heavy atom. The van der Waals surface area contributed by atoms with Crippen LogP contribution in [0.1, 0.15) is 30.9 Å². The average Bonchev–Trinajstić information content (AvgIpc) is 3.36. The number of ether oxygens (including phenoxy) is 1. The lowest BCUT2D eigenvalue weighted by Crippen LogP contribution is -2.50. The zero-order valence-corrected chi connectivity index (χ0v) is 15.1. The lowest BCUT2D eigenvalue weighted by molar-refractivity contribution is -0.158. The molecule has 7 nitrogen and oxygen atoms in total. The van der Waals surface area contributed by atoms with Crippen molar-refractivity contribution in [2.45, 2.75) is 50.9 Å². The summed E-state index contributed by atoms with van der Waals surface area (Å²) in [5.74, 6) is -1.05. The number of rotatable bonds is 5. The summed E-state index contributed by atoms with van der Waals surface area (Å²) in [5.41, 5.74) is 1.79. The van der Waals surface area contributed by atoms with Crippen molar-refractivity contribution >= 4 is 21.9 Å². The molecule has 0 spiro atoms. The molecule has 0 aromatic heterocycles. The number of benzene rings is 1. The molecule has 1 amide bonds. The standard InChI is InChI=1S/C17H22N2O5S/c1-11(16(20)18-14-7-8-14)24-17(21)15-9-12-5-3-4-6-13(12)10-19(15)25(2,22)23/h3-6,11,14-15H,7-10H2,1-2H3,(H,18,20)/t11-,15-/m0/s1. The monoisotopic (exact) mass is 366 g/mol. The summed E-state index contributed by atoms with van der Waals surface area (Å²) in [7, 11) is -3.60. The lowest BCUT2D eigenvalue weighted by atomic mass is 9.96. The maximum atomic E-state index is 12.6. The molecule has 3 rings (SSSR count). The van der Waals surface area contributed by atoms with Gasteiger partial charge in [-0.2, -0.15) is 4.31 Å². The molecule has 0 unspecified atom stereocenters. The van der Waals surface area contributed by atoms with Gasteiger partial charge in [0.15, 0.2) is 6.10 Å². The summed E-state index contributed by atoms with van der Waals surface area (Å²) in [6, 6.07) is 6.62. The van der Waals surface area contributed by atoms with Crippen LogP contribution in [0.3, 0.4) is 0 Å². The molecule has 1 N–H and O–H groups in total. The minimum atomic E-state index is -3.60. The van der Waals surface area contributed by atoms with E-state index in [9.17, 15) is 18.0 Å². The third kappa shape index (κ3) is 4.19. The first-order chi connectivity index (χ1) is 11.8. The molecular weight excluding hydrogens is 344 g/mol. The highest BCUT2D eigenvalue weighted by molar-refractivity contribution is 7.88. The Morgan fingerprint density at radius 1 is 1.24 bits per heavy atom. The molecule has 1 aliphatic heterocycles. The number of fused-ring (bicyclic) bond motifs is 1. The Bertz CT molecular complexity index is 788. The van der Waals surface area contributed by atoms with E-state index in [4.69, 9.17) is 4.74 Å². The number of sulfonamides is 1. The van der Waals surface area contributed by atoms with Gasteiger partial charge in [0.2, 0.25) is 10.0 Å². The third-order valence-electron chi connectivity index (χ3n) is 4.49. The molecule has 0 saturated heterocycles. The Labute approximate surface area is 147 Å². The molecule has 136 valence electrons. The van der Waals surface area contributed by atoms with E-state index in [0.717, 1.165) is 34.5 Å². The van der Waals surface area contributed by atoms with Gasteiger partial charge in [0.1, 0.15) is 6.04 Å². The fraction of sp³-hybridized carbons (Fsp3) is 0.529. The molecule has 1 aromatic rings. The summed E-state index contributed by atoms with van der Waals surface area (Å²) in [6.45, 7) is 1.62. The zero-order valence-electron chi connectivity index (χ0n) is 14.3. The van der Waals surface area contributed by atoms with Gasteiger partial charge < -0.3 is 10.1 Å². The number of carbonyl (C=O) groups is 2. The molecule has 25 heavy (non-hydrogen) atoms. The van der Waals surface area contributed by atoms with Crippen LogP contribution < -0.4 is 5.32 Å². The fourth-order valence-corrected chi connectivity index (χ4v) is 3.90. The Hall–Kier alpha value is -1.93. The van der Waals surface area contributed by atoms with Crippen molar-refractivity contribution in [3.05, 3.63) is 35.4 Å². The van der Waals surface area contributed by atoms with Crippen LogP contribution in [0, 0.1) is 0 Å². The minimum absolute atomic E-state index is 0.122. The second-order valence-corrected chi connectivity index (χ2v) is 8.59. The first-order valence-corrected chi connectivity index (χ1v) is 10.1. The van der Waals surface area contributed by atoms with Crippen LogP contribution in [0.5, 0.6) is 0 Å². The second kappa shape index (κ2) is 6.76. The van der Waals surface area contributed by atoms with Crippen molar-refractivity contribution < 1.29 is 22.7 Å². The van der Waals surface area contributed by atoms with Crippen molar-refractivity contribution in [2.75, 3.05) is 6.26 Å². The van der Waals surface area contributed by atoms with Crippen molar-refractivity contribution in [2.24, 2.45) is 0 Å². The van der Waals surface area contributed by atoms with Gasteiger partial charge in [0.05, 0.1) is 6.26 Å². The Balaban J connectivity index is 1.75. The van der Waals surface area contributed by atoms with Gasteiger partial charge in [-0.3, -0.25) is 9.59 Å². The zero-order chi connectivity index (χ0) is 18.2. The summed E-state index contributed by atoms with van der Waals surface area (Å²) < 4.78 is 30.7. The SMILES string of the molecule is C[C@H](OC(=O)[C@@H]1Cc2ccccc2CN1S(C)(=O)=O)C(=O)NC1CC1. The topological polar surface area (TPSA) is 92.8 Å². The van der Waals surface area contributed by atoms with Gasteiger partial charge in [0.25, 0.3) is 5.91 Å². The number of hydrogen-bond donors (Lipinski definition) is 1. The van der Waals surface area contributed by atoms with Crippen molar-refractivity contribution in [1.29, 1.82) is 0 Å². The summed E-state index contributed by atoms with van der Waals surface area (Å²) in [5, 5.41) is 2.77. The maximum absolute atomic E-state index is 12.6. The predicted molar refractivity (Wildman–Crippen MR) is 91.0 cm³/mol. The van der Waals surface area contributed by atoms with E-state index >= 15 is 0 Å². The van der Waals surface area contributed by atoms with E-state index < -0.39 is 28.1 Å². The lowest BCUT2D eigenvalue weighted by Gasteiger charge is -2.33. The van der Waals surface area contributed by atoms with E-state index in [-0.39, 0.29) is 24.9 Å². The maximum Gasteiger partial charge on any atom is 0.325 e. The number of nitrogens with zero attached hydrogens (tertiary/aromatic N) is 1. The van der Waals surface area contributed by atoms with Crippen LogP contribution in [-0.2, 0) is 37.3 Å². The van der Waals surface area contributed by atoms with E-state index in [2.05, 4.69) is 5.32 Å². The van der Waals surface area contributed by atoms with Crippen LogP contribution in [0.25, 0.3) is 0 Å². The van der Waals surface area contributed by atoms with Gasteiger partial charge >= 0.3 is 5.97 Å². The quantitative estimate of drug-likeness (QED) is 0.770. The summed E-state index contributed by atoms with van der Waals surface area (Å²) >= 11 is 0. The van der Waals surface area contributed by atoms with Crippen molar-refractivity contribution in [1.82, 2.24) is 9.62 Å². The highest BCUT2D eigenvalue weighted by atomic mass is 32.2. The van der Waals surface area contributed by atoms with E-state index in [1.54, 1.807) is 0 Å². The Morgan fingerprint density at radius 3 is 2.48 bits per heavy atom. The smallest absolute Gasteiger partial charge is 0.325 e. The number of hydrogen-bond acceptors (Lipinski definition) is 5. The number of carbonyl (C=O) groups excluding carboxylic acids is 2. The van der Waals surface area contributed by atoms with Crippen molar-refractivity contribution in [3.63, 3.8) is 0 Å². The summed E-state index contributed by atoms with van der Waals surface area (Å²) in [6.07, 6.45) is 2.23. The van der Waals surface area contributed by atoms with Gasteiger partial charge in [-0.25, -0.2) is 8.42 Å². The highest BCUT2D eigenvalue weighted by Crippen LogP contribution is 2.26. The van der Waals surface area contributed by atoms with E-state index in [0.29, 0.717) is 0 Å². The fourth-order valence-electron chi connectivity index (χ4n) is 2.90. The molecule has 1 fully saturated rings. The van der Waals surface area contributed by atoms with Crippen LogP contribution in [0.2, 0.25) is 0 Å². The van der Waals surface area contributed by atoms with Crippen LogP contribution in [-0.4, -0.2) is 49.0 Å². The molecule has 1 saturated carbocycles. The number of amides is 1. The van der Waals surface area contributed by atoms with Crippen LogP contribution in [0.4, 0.5) is 0 Å². The molecule has 1 heterocycles. The molecule has 2 aliphatic rings. The molecule has 8 heteroatoms. The molecule has 0 bridgehead atoms. The van der Waals surface area contributed by atoms with Crippen LogP contribution >= 0.6 is 0 Å². The highest BCUT2D eigenvalue weighted by Gasteiger charge is 2.39. The largest absolute Gasteiger partial charge is 0.451 e. The predicted octanol–water partition coefficient (Wildman–Crippen LogP) is 0.583. The van der Waals surface area contributed by atoms with E-state index in [1.165, 1.54) is 6.92 Å². The van der Waals surface area contributed by atoms with Gasteiger partial charge in [-0.1, -0.05) is 24.3 Å². The van der Waals surface area contributed by atoms with Gasteiger partial charge in [-0.15, -0.1) is 0 Å². The summed E-state index contributed by atoms with van der Waals surface area (Å²) in [4.78, 5) is 24.5. The molecule has 0 radical (unpaired) electrons. The Kier molecular flexibility index (Phi) is 4.83. The van der Waals surface area contributed by atoms with E-state index in [1.807, 2.05) is 24.3 Å². The number of nitrogens with one attached hydrogen (secondary N) is 1. The van der Waals surface area contributed by atoms with Crippen LogP contribution in [0.15, 0.2) is 24.3 Å². The normalized spacial score (nSPS) is 21.9. The second-order valence-electron chi connectivity index (χ2n) is 6.66. The van der Waals surface area contributed by atoms with Crippen molar-refractivity contribution in [3.8, 4) is 0 Å². The minimum Gasteiger partial charge on any atom is -0.451 e. The average molecular weight is 366 g/mol. The first-order valence-electron chi connectivity index (χ1n) is 8.30. The third-order valence-corrected chi connectivity index (χ3v) is 5.72. The van der Waals surface area contributed by atoms with Gasteiger partial charge in [0, 0.05) is 19.0 Å². The van der Waals surface area contributed by atoms with Gasteiger partial charge in [-0.05, 0) is 30.9 Å².